The fourth-order valence-corrected chi connectivity index (χ4v) is 4.72. The Kier molecular flexibility index (Phi) is 10.2. The summed E-state index contributed by atoms with van der Waals surface area (Å²) in [7, 11) is -1.07. The summed E-state index contributed by atoms with van der Waals surface area (Å²) >= 11 is 6.02. The molecular formula is C26H36ClN3O6S. The van der Waals surface area contributed by atoms with Gasteiger partial charge in [0.25, 0.3) is 0 Å². The molecule has 0 aliphatic carbocycles. The molecule has 1 unspecified atom stereocenters. The molecule has 0 aliphatic heterocycles. The molecule has 0 fully saturated rings. The minimum Gasteiger partial charge on any atom is -0.497 e. The quantitative estimate of drug-likeness (QED) is 0.453. The molecule has 0 saturated carbocycles. The number of methoxy groups -OCH3 is 2. The van der Waals surface area contributed by atoms with Crippen molar-refractivity contribution in [3.63, 3.8) is 0 Å². The molecular weight excluding hydrogens is 518 g/mol. The van der Waals surface area contributed by atoms with Crippen LogP contribution in [-0.2, 0) is 26.2 Å². The van der Waals surface area contributed by atoms with Crippen molar-refractivity contribution in [3.05, 3.63) is 53.1 Å². The number of anilines is 1. The summed E-state index contributed by atoms with van der Waals surface area (Å²) in [6, 6.07) is 10.7. The highest BCUT2D eigenvalue weighted by Crippen LogP contribution is 2.34. The van der Waals surface area contributed by atoms with E-state index in [0.717, 1.165) is 16.1 Å². The summed E-state index contributed by atoms with van der Waals surface area (Å²) in [6.07, 6.45) is 1.33. The number of nitrogens with zero attached hydrogens (tertiary/aromatic N) is 2. The summed E-state index contributed by atoms with van der Waals surface area (Å²) in [5.41, 5.74) is 0.368. The van der Waals surface area contributed by atoms with E-state index in [-0.39, 0.29) is 23.9 Å². The first kappa shape index (κ1) is 30.2. The number of nitrogens with one attached hydrogen (secondary N) is 1. The van der Waals surface area contributed by atoms with Crippen molar-refractivity contribution in [3.8, 4) is 11.5 Å². The van der Waals surface area contributed by atoms with Gasteiger partial charge in [-0.2, -0.15) is 0 Å². The monoisotopic (exact) mass is 553 g/mol. The lowest BCUT2D eigenvalue weighted by atomic mass is 10.1. The summed E-state index contributed by atoms with van der Waals surface area (Å²) in [4.78, 5) is 28.4. The van der Waals surface area contributed by atoms with Crippen molar-refractivity contribution in [2.75, 3.05) is 31.3 Å². The number of amides is 2. The van der Waals surface area contributed by atoms with E-state index in [0.29, 0.717) is 17.2 Å². The summed E-state index contributed by atoms with van der Waals surface area (Å²) in [5.74, 6) is -0.241. The second-order valence-electron chi connectivity index (χ2n) is 9.62. The summed E-state index contributed by atoms with van der Waals surface area (Å²) < 4.78 is 37.3. The normalized spacial score (nSPS) is 12.4. The van der Waals surface area contributed by atoms with Gasteiger partial charge in [-0.1, -0.05) is 30.7 Å². The predicted molar refractivity (Wildman–Crippen MR) is 146 cm³/mol. The maximum absolute atomic E-state index is 13.8. The number of rotatable bonds is 11. The number of hydrogen-bond acceptors (Lipinski definition) is 6. The molecule has 0 bridgehead atoms. The molecule has 11 heteroatoms. The van der Waals surface area contributed by atoms with Crippen LogP contribution in [-0.4, -0.2) is 63.7 Å². The van der Waals surface area contributed by atoms with E-state index in [1.54, 1.807) is 43.3 Å². The molecule has 0 radical (unpaired) electrons. The van der Waals surface area contributed by atoms with E-state index in [4.69, 9.17) is 21.1 Å². The van der Waals surface area contributed by atoms with E-state index in [1.165, 1.54) is 25.2 Å². The van der Waals surface area contributed by atoms with E-state index >= 15 is 0 Å². The van der Waals surface area contributed by atoms with Gasteiger partial charge in [0.15, 0.2) is 0 Å². The zero-order valence-electron chi connectivity index (χ0n) is 22.4. The van der Waals surface area contributed by atoms with Crippen LogP contribution in [0.4, 0.5) is 5.69 Å². The largest absolute Gasteiger partial charge is 0.497 e. The van der Waals surface area contributed by atoms with Crippen molar-refractivity contribution < 1.29 is 27.5 Å². The van der Waals surface area contributed by atoms with Gasteiger partial charge < -0.3 is 19.7 Å². The van der Waals surface area contributed by atoms with Crippen LogP contribution in [0.15, 0.2) is 42.5 Å². The lowest BCUT2D eigenvalue weighted by Crippen LogP contribution is -2.55. The molecule has 9 nitrogen and oxygen atoms in total. The molecule has 204 valence electrons. The van der Waals surface area contributed by atoms with Crippen LogP contribution in [0.5, 0.6) is 11.5 Å². The predicted octanol–water partition coefficient (Wildman–Crippen LogP) is 3.85. The molecule has 0 aromatic heterocycles. The number of ether oxygens (including phenoxy) is 2. The maximum Gasteiger partial charge on any atom is 0.244 e. The van der Waals surface area contributed by atoms with Crippen molar-refractivity contribution in [2.45, 2.75) is 52.2 Å². The van der Waals surface area contributed by atoms with Crippen LogP contribution >= 0.6 is 11.6 Å². The minimum atomic E-state index is -3.93. The fourth-order valence-electron chi connectivity index (χ4n) is 3.75. The standard InChI is InChI=1S/C26H36ClN3O6S/c1-8-21(25(32)28-26(2,3)4)29(16-18-9-11-19(27)12-10-18)24(31)17-30(37(7,33)34)22-15-20(35-5)13-14-23(22)36-6/h9-15,21H,8,16-17H2,1-7H3,(H,28,32). The van der Waals surface area contributed by atoms with E-state index in [1.807, 2.05) is 20.8 Å². The third kappa shape index (κ3) is 8.53. The molecule has 2 aromatic carbocycles. The van der Waals surface area contributed by atoms with E-state index in [2.05, 4.69) is 5.32 Å². The molecule has 2 amide bonds. The highest BCUT2D eigenvalue weighted by molar-refractivity contribution is 7.92. The number of hydrogen-bond donors (Lipinski definition) is 1. The first-order chi connectivity index (χ1) is 17.2. The summed E-state index contributed by atoms with van der Waals surface area (Å²) in [6.45, 7) is 6.89. The highest BCUT2D eigenvalue weighted by atomic mass is 35.5. The smallest absolute Gasteiger partial charge is 0.244 e. The molecule has 37 heavy (non-hydrogen) atoms. The fraction of sp³-hybridized carbons (Fsp3) is 0.462. The zero-order valence-corrected chi connectivity index (χ0v) is 23.9. The van der Waals surface area contributed by atoms with Crippen LogP contribution in [0.2, 0.25) is 5.02 Å². The van der Waals surface area contributed by atoms with Gasteiger partial charge in [0.05, 0.1) is 26.2 Å². The molecule has 2 rings (SSSR count). The van der Waals surface area contributed by atoms with Crippen molar-refractivity contribution >= 4 is 39.1 Å². The lowest BCUT2D eigenvalue weighted by molar-refractivity contribution is -0.141. The topological polar surface area (TPSA) is 105 Å². The molecule has 0 heterocycles. The minimum absolute atomic E-state index is 0.0823. The molecule has 0 spiro atoms. The molecule has 2 aromatic rings. The number of carbonyl (C=O) groups excluding carboxylic acids is 2. The van der Waals surface area contributed by atoms with Gasteiger partial charge in [-0.05, 0) is 57.0 Å². The molecule has 0 aliphatic rings. The Hall–Kier alpha value is -2.98. The maximum atomic E-state index is 13.8. The average Bonchev–Trinajstić information content (AvgIpc) is 2.81. The number of carbonyl (C=O) groups is 2. The van der Waals surface area contributed by atoms with Gasteiger partial charge in [-0.15, -0.1) is 0 Å². The Labute approximate surface area is 224 Å². The van der Waals surface area contributed by atoms with Gasteiger partial charge in [-0.3, -0.25) is 13.9 Å². The van der Waals surface area contributed by atoms with Gasteiger partial charge in [0, 0.05) is 23.2 Å². The first-order valence-corrected chi connectivity index (χ1v) is 14.0. The Balaban J connectivity index is 2.54. The van der Waals surface area contributed by atoms with Gasteiger partial charge in [0.1, 0.15) is 24.1 Å². The van der Waals surface area contributed by atoms with Crippen LogP contribution in [0.3, 0.4) is 0 Å². The van der Waals surface area contributed by atoms with E-state index in [9.17, 15) is 18.0 Å². The molecule has 1 N–H and O–H groups in total. The SMILES string of the molecule is CCC(C(=O)NC(C)(C)C)N(Cc1ccc(Cl)cc1)C(=O)CN(c1cc(OC)ccc1OC)S(C)(=O)=O. The van der Waals surface area contributed by atoms with Crippen molar-refractivity contribution in [1.82, 2.24) is 10.2 Å². The van der Waals surface area contributed by atoms with Crippen LogP contribution in [0.25, 0.3) is 0 Å². The number of sulfonamides is 1. The lowest BCUT2D eigenvalue weighted by Gasteiger charge is -2.34. The highest BCUT2D eigenvalue weighted by Gasteiger charge is 2.33. The number of benzene rings is 2. The van der Waals surface area contributed by atoms with Crippen molar-refractivity contribution in [2.24, 2.45) is 0 Å². The number of halogens is 1. The van der Waals surface area contributed by atoms with Gasteiger partial charge in [-0.25, -0.2) is 8.42 Å². The molecule has 1 atom stereocenters. The Morgan fingerprint density at radius 3 is 2.16 bits per heavy atom. The first-order valence-electron chi connectivity index (χ1n) is 11.8. The zero-order chi connectivity index (χ0) is 28.0. The van der Waals surface area contributed by atoms with Crippen LogP contribution in [0, 0.1) is 0 Å². The van der Waals surface area contributed by atoms with Crippen LogP contribution in [0.1, 0.15) is 39.7 Å². The van der Waals surface area contributed by atoms with Crippen LogP contribution < -0.4 is 19.1 Å². The van der Waals surface area contributed by atoms with E-state index < -0.39 is 34.1 Å². The Morgan fingerprint density at radius 1 is 1.05 bits per heavy atom. The van der Waals surface area contributed by atoms with Gasteiger partial charge >= 0.3 is 0 Å². The van der Waals surface area contributed by atoms with Crippen molar-refractivity contribution in [1.29, 1.82) is 0 Å². The average molecular weight is 554 g/mol. The second-order valence-corrected chi connectivity index (χ2v) is 12.0. The second kappa shape index (κ2) is 12.5. The summed E-state index contributed by atoms with van der Waals surface area (Å²) in [5, 5.41) is 3.46. The molecule has 0 saturated heterocycles. The third-order valence-electron chi connectivity index (χ3n) is 5.48. The Morgan fingerprint density at radius 2 is 1.68 bits per heavy atom. The Bertz CT molecular complexity index is 1200. The third-order valence-corrected chi connectivity index (χ3v) is 6.86. The van der Waals surface area contributed by atoms with Gasteiger partial charge in [0.2, 0.25) is 21.8 Å².